The van der Waals surface area contributed by atoms with Crippen LogP contribution in [0.5, 0.6) is 0 Å². The molecule has 56 valence electrons. The Balaban J connectivity index is 2.86. The average Bonchev–Trinajstić information content (AvgIpc) is 2.46. The minimum absolute atomic E-state index is 0.578. The maximum Gasteiger partial charge on any atom is 0.144 e. The summed E-state index contributed by atoms with van der Waals surface area (Å²) in [5.41, 5.74) is 2.52. The first-order chi connectivity index (χ1) is 5.81. The Morgan fingerprint density at radius 2 is 2.33 bits per heavy atom. The highest BCUT2D eigenvalue weighted by atomic mass is 15.0. The highest BCUT2D eigenvalue weighted by Gasteiger charge is 1.99. The van der Waals surface area contributed by atoms with E-state index in [1.54, 1.807) is 10.6 Å². The molecule has 0 aliphatic carbocycles. The first-order valence-electron chi connectivity index (χ1n) is 3.65. The van der Waals surface area contributed by atoms with Crippen LogP contribution in [0.3, 0.4) is 0 Å². The Morgan fingerprint density at radius 3 is 3.08 bits per heavy atom. The molecule has 0 fully saturated rings. The van der Waals surface area contributed by atoms with E-state index in [4.69, 9.17) is 5.26 Å². The normalized spacial score (nSPS) is 9.92. The summed E-state index contributed by atoms with van der Waals surface area (Å²) in [7, 11) is 1.99. The minimum Gasteiger partial charge on any atom is -0.292 e. The van der Waals surface area contributed by atoms with Gasteiger partial charge >= 0.3 is 0 Å². The third kappa shape index (κ3) is 0.875. The van der Waals surface area contributed by atoms with Crippen molar-refractivity contribution in [3.63, 3.8) is 0 Å². The maximum absolute atomic E-state index is 8.70. The first-order valence-corrected chi connectivity index (χ1v) is 3.65. The standard InChI is InChI=1S/C8H6BN3/c9-6-1-2-8-11-4-7(3-10)12(8)5-6/h1-2,4-5H,9H2. The highest BCUT2D eigenvalue weighted by molar-refractivity contribution is 6.32. The summed E-state index contributed by atoms with van der Waals surface area (Å²) in [6.07, 6.45) is 3.48. The lowest BCUT2D eigenvalue weighted by atomic mass is 9.99. The van der Waals surface area contributed by atoms with Crippen LogP contribution in [0.2, 0.25) is 0 Å². The van der Waals surface area contributed by atoms with E-state index in [0.717, 1.165) is 11.1 Å². The largest absolute Gasteiger partial charge is 0.292 e. The van der Waals surface area contributed by atoms with E-state index in [9.17, 15) is 0 Å². The van der Waals surface area contributed by atoms with Crippen molar-refractivity contribution in [1.29, 1.82) is 5.26 Å². The molecule has 2 aromatic heterocycles. The van der Waals surface area contributed by atoms with Gasteiger partial charge in [-0.25, -0.2) is 4.98 Å². The molecule has 0 aliphatic heterocycles. The van der Waals surface area contributed by atoms with Crippen LogP contribution in [-0.2, 0) is 0 Å². The monoisotopic (exact) mass is 155 g/mol. The zero-order chi connectivity index (χ0) is 8.55. The molecule has 0 saturated carbocycles. The number of imidazole rings is 1. The predicted octanol–water partition coefficient (Wildman–Crippen LogP) is -0.536. The molecule has 0 unspecified atom stereocenters. The number of pyridine rings is 1. The predicted molar refractivity (Wildman–Crippen MR) is 48.1 cm³/mol. The summed E-state index contributed by atoms with van der Waals surface area (Å²) >= 11 is 0. The van der Waals surface area contributed by atoms with E-state index in [1.165, 1.54) is 0 Å². The van der Waals surface area contributed by atoms with Gasteiger partial charge in [0.25, 0.3) is 0 Å². The van der Waals surface area contributed by atoms with Gasteiger partial charge in [-0.1, -0.05) is 11.5 Å². The number of aromatic nitrogens is 2. The van der Waals surface area contributed by atoms with Gasteiger partial charge in [0.1, 0.15) is 25.3 Å². The minimum atomic E-state index is 0.578. The second kappa shape index (κ2) is 2.38. The fourth-order valence-corrected chi connectivity index (χ4v) is 1.17. The average molecular weight is 155 g/mol. The van der Waals surface area contributed by atoms with Crippen molar-refractivity contribution in [1.82, 2.24) is 9.38 Å². The molecule has 0 N–H and O–H groups in total. The lowest BCUT2D eigenvalue weighted by Gasteiger charge is -1.95. The third-order valence-electron chi connectivity index (χ3n) is 1.77. The first kappa shape index (κ1) is 6.92. The zero-order valence-electron chi connectivity index (χ0n) is 6.65. The summed E-state index contributed by atoms with van der Waals surface area (Å²) < 4.78 is 1.79. The molecule has 0 amide bonds. The quantitative estimate of drug-likeness (QED) is 0.479. The van der Waals surface area contributed by atoms with Crippen molar-refractivity contribution in [3.05, 3.63) is 30.2 Å². The van der Waals surface area contributed by atoms with Crippen molar-refractivity contribution in [2.24, 2.45) is 0 Å². The third-order valence-corrected chi connectivity index (χ3v) is 1.77. The fraction of sp³-hybridized carbons (Fsp3) is 0. The number of nitriles is 1. The van der Waals surface area contributed by atoms with Gasteiger partial charge in [-0.2, -0.15) is 5.26 Å². The molecule has 2 aromatic rings. The van der Waals surface area contributed by atoms with Crippen LogP contribution in [0.1, 0.15) is 5.69 Å². The van der Waals surface area contributed by atoms with E-state index in [0.29, 0.717) is 5.69 Å². The summed E-state index contributed by atoms with van der Waals surface area (Å²) in [5.74, 6) is 0. The molecule has 4 heteroatoms. The smallest absolute Gasteiger partial charge is 0.144 e. The number of rotatable bonds is 0. The van der Waals surface area contributed by atoms with Crippen molar-refractivity contribution in [2.45, 2.75) is 0 Å². The molecular weight excluding hydrogens is 149 g/mol. The zero-order valence-corrected chi connectivity index (χ0v) is 6.65. The van der Waals surface area contributed by atoms with Gasteiger partial charge in [0.15, 0.2) is 0 Å². The van der Waals surface area contributed by atoms with Crippen LogP contribution in [-0.4, -0.2) is 17.2 Å². The molecule has 0 spiro atoms. The molecule has 0 bridgehead atoms. The van der Waals surface area contributed by atoms with Crippen LogP contribution < -0.4 is 5.46 Å². The van der Waals surface area contributed by atoms with E-state index in [1.807, 2.05) is 26.2 Å². The molecule has 2 rings (SSSR count). The summed E-state index contributed by atoms with van der Waals surface area (Å²) in [4.78, 5) is 4.07. The maximum atomic E-state index is 8.70. The molecule has 0 saturated heterocycles. The van der Waals surface area contributed by atoms with E-state index in [2.05, 4.69) is 11.1 Å². The molecular formula is C8H6BN3. The van der Waals surface area contributed by atoms with Crippen LogP contribution in [0.15, 0.2) is 24.5 Å². The summed E-state index contributed by atoms with van der Waals surface area (Å²) in [5, 5.41) is 8.70. The lowest BCUT2D eigenvalue weighted by Crippen LogP contribution is -2.04. The number of hydrogen-bond acceptors (Lipinski definition) is 2. The lowest BCUT2D eigenvalue weighted by molar-refractivity contribution is 1.16. The van der Waals surface area contributed by atoms with Crippen LogP contribution in [0, 0.1) is 11.3 Å². The van der Waals surface area contributed by atoms with Crippen molar-refractivity contribution >= 4 is 19.0 Å². The van der Waals surface area contributed by atoms with Crippen molar-refractivity contribution in [2.75, 3.05) is 0 Å². The van der Waals surface area contributed by atoms with E-state index in [-0.39, 0.29) is 0 Å². The summed E-state index contributed by atoms with van der Waals surface area (Å²) in [6.45, 7) is 0. The Bertz CT molecular complexity index is 467. The number of hydrogen-bond donors (Lipinski definition) is 0. The van der Waals surface area contributed by atoms with Gasteiger partial charge < -0.3 is 0 Å². The molecule has 0 atom stereocenters. The second-order valence-electron chi connectivity index (χ2n) is 2.69. The van der Waals surface area contributed by atoms with Crippen molar-refractivity contribution < 1.29 is 0 Å². The number of fused-ring (bicyclic) bond motifs is 1. The molecule has 0 aromatic carbocycles. The molecule has 12 heavy (non-hydrogen) atoms. The second-order valence-corrected chi connectivity index (χ2v) is 2.69. The van der Waals surface area contributed by atoms with Gasteiger partial charge in [-0.3, -0.25) is 4.40 Å². The van der Waals surface area contributed by atoms with E-state index < -0.39 is 0 Å². The molecule has 0 radical (unpaired) electrons. The Kier molecular flexibility index (Phi) is 1.37. The Morgan fingerprint density at radius 1 is 1.50 bits per heavy atom. The number of nitrogens with zero attached hydrogens (tertiary/aromatic N) is 3. The van der Waals surface area contributed by atoms with Crippen LogP contribution >= 0.6 is 0 Å². The van der Waals surface area contributed by atoms with Crippen molar-refractivity contribution in [3.8, 4) is 6.07 Å². The summed E-state index contributed by atoms with van der Waals surface area (Å²) in [6, 6.07) is 5.95. The molecule has 2 heterocycles. The van der Waals surface area contributed by atoms with Gasteiger partial charge in [-0.15, -0.1) is 0 Å². The highest BCUT2D eigenvalue weighted by Crippen LogP contribution is 2.02. The molecule has 3 nitrogen and oxygen atoms in total. The van der Waals surface area contributed by atoms with Gasteiger partial charge in [0, 0.05) is 6.20 Å². The van der Waals surface area contributed by atoms with Crippen LogP contribution in [0.25, 0.3) is 5.65 Å². The SMILES string of the molecule is Bc1ccc2ncc(C#N)n2c1. The van der Waals surface area contributed by atoms with E-state index >= 15 is 0 Å². The topological polar surface area (TPSA) is 41.1 Å². The van der Waals surface area contributed by atoms with Gasteiger partial charge in [0.05, 0.1) is 6.20 Å². The van der Waals surface area contributed by atoms with Crippen LogP contribution in [0.4, 0.5) is 0 Å². The Labute approximate surface area is 70.7 Å². The van der Waals surface area contributed by atoms with Gasteiger partial charge in [0.2, 0.25) is 0 Å². The fourth-order valence-electron chi connectivity index (χ4n) is 1.17. The Hall–Kier alpha value is -1.76. The van der Waals surface area contributed by atoms with Gasteiger partial charge in [-0.05, 0) is 6.07 Å². The molecule has 0 aliphatic rings.